The number of carboxylic acids is 1. The van der Waals surface area contributed by atoms with Crippen LogP contribution in [-0.2, 0) is 14.3 Å². The van der Waals surface area contributed by atoms with Gasteiger partial charge in [-0.2, -0.15) is 0 Å². The number of ether oxygens (including phenoxy) is 1. The molecule has 0 spiro atoms. The van der Waals surface area contributed by atoms with Gasteiger partial charge in [0.2, 0.25) is 0 Å². The quantitative estimate of drug-likeness (QED) is 0.747. The van der Waals surface area contributed by atoms with E-state index in [-0.39, 0.29) is 24.4 Å². The van der Waals surface area contributed by atoms with Crippen molar-refractivity contribution in [2.45, 2.75) is 51.0 Å². The van der Waals surface area contributed by atoms with Crippen LogP contribution in [0.3, 0.4) is 0 Å². The molecule has 3 unspecified atom stereocenters. The van der Waals surface area contributed by atoms with Gasteiger partial charge in [0.15, 0.2) is 0 Å². The molecule has 0 bridgehead atoms. The Labute approximate surface area is 95.0 Å². The fourth-order valence-electron chi connectivity index (χ4n) is 2.99. The summed E-state index contributed by atoms with van der Waals surface area (Å²) in [5, 5.41) is 8.68. The van der Waals surface area contributed by atoms with E-state index in [1.54, 1.807) is 0 Å². The molecule has 90 valence electrons. The first kappa shape index (κ1) is 11.4. The van der Waals surface area contributed by atoms with Gasteiger partial charge in [0.25, 0.3) is 0 Å². The number of rotatable bonds is 3. The van der Waals surface area contributed by atoms with E-state index in [1.807, 2.05) is 0 Å². The standard InChI is InChI=1S/C12H18O4/c13-10(14)6-4-8-2-1-3-9-5-7-11(15)16-12(8)9/h8-9,12H,1-7H2,(H,13,14). The summed E-state index contributed by atoms with van der Waals surface area (Å²) < 4.78 is 5.40. The summed E-state index contributed by atoms with van der Waals surface area (Å²) in [5.74, 6) is -0.128. The lowest BCUT2D eigenvalue weighted by molar-refractivity contribution is -0.166. The molecule has 1 saturated carbocycles. The molecular formula is C12H18O4. The highest BCUT2D eigenvalue weighted by atomic mass is 16.5. The van der Waals surface area contributed by atoms with Crippen molar-refractivity contribution in [3.8, 4) is 0 Å². The van der Waals surface area contributed by atoms with Gasteiger partial charge < -0.3 is 9.84 Å². The number of hydrogen-bond donors (Lipinski definition) is 1. The number of fused-ring (bicyclic) bond motifs is 1. The molecule has 16 heavy (non-hydrogen) atoms. The van der Waals surface area contributed by atoms with Crippen molar-refractivity contribution in [2.75, 3.05) is 0 Å². The normalized spacial score (nSPS) is 34.0. The number of carbonyl (C=O) groups excluding carboxylic acids is 1. The van der Waals surface area contributed by atoms with Crippen LogP contribution in [0.5, 0.6) is 0 Å². The van der Waals surface area contributed by atoms with E-state index in [0.29, 0.717) is 18.8 Å². The van der Waals surface area contributed by atoms with Crippen molar-refractivity contribution >= 4 is 11.9 Å². The molecule has 0 aromatic carbocycles. The van der Waals surface area contributed by atoms with E-state index < -0.39 is 5.97 Å². The maximum absolute atomic E-state index is 11.3. The molecule has 1 heterocycles. The molecule has 1 saturated heterocycles. The molecule has 3 atom stereocenters. The van der Waals surface area contributed by atoms with Crippen LogP contribution in [0.25, 0.3) is 0 Å². The third-order valence-corrected chi connectivity index (χ3v) is 3.79. The Balaban J connectivity index is 1.95. The van der Waals surface area contributed by atoms with Gasteiger partial charge in [-0.3, -0.25) is 9.59 Å². The average molecular weight is 226 g/mol. The minimum Gasteiger partial charge on any atom is -0.481 e. The Morgan fingerprint density at radius 1 is 1.38 bits per heavy atom. The summed E-state index contributed by atoms with van der Waals surface area (Å²) in [7, 11) is 0. The average Bonchev–Trinajstić information content (AvgIpc) is 2.26. The third-order valence-electron chi connectivity index (χ3n) is 3.79. The monoisotopic (exact) mass is 226 g/mol. The first-order chi connectivity index (χ1) is 7.66. The van der Waals surface area contributed by atoms with Gasteiger partial charge in [-0.25, -0.2) is 0 Å². The maximum atomic E-state index is 11.3. The molecule has 4 heteroatoms. The highest BCUT2D eigenvalue weighted by molar-refractivity contribution is 5.70. The Bertz CT molecular complexity index is 287. The summed E-state index contributed by atoms with van der Waals surface area (Å²) in [5.41, 5.74) is 0. The van der Waals surface area contributed by atoms with E-state index in [0.717, 1.165) is 25.7 Å². The smallest absolute Gasteiger partial charge is 0.306 e. The minimum absolute atomic E-state index is 0.00523. The van der Waals surface area contributed by atoms with Crippen molar-refractivity contribution < 1.29 is 19.4 Å². The molecule has 0 aromatic heterocycles. The molecule has 2 fully saturated rings. The number of esters is 1. The SMILES string of the molecule is O=C(O)CCC1CCCC2CCC(=O)OC12. The Hall–Kier alpha value is -1.06. The largest absolute Gasteiger partial charge is 0.481 e. The summed E-state index contributed by atoms with van der Waals surface area (Å²) >= 11 is 0. The minimum atomic E-state index is -0.760. The van der Waals surface area contributed by atoms with Crippen molar-refractivity contribution in [3.05, 3.63) is 0 Å². The zero-order valence-electron chi connectivity index (χ0n) is 9.35. The van der Waals surface area contributed by atoms with Gasteiger partial charge in [0.1, 0.15) is 6.10 Å². The van der Waals surface area contributed by atoms with Crippen molar-refractivity contribution in [3.63, 3.8) is 0 Å². The van der Waals surface area contributed by atoms with E-state index in [9.17, 15) is 9.59 Å². The van der Waals surface area contributed by atoms with Crippen LogP contribution in [0, 0.1) is 11.8 Å². The Morgan fingerprint density at radius 2 is 2.19 bits per heavy atom. The predicted molar refractivity (Wildman–Crippen MR) is 56.8 cm³/mol. The second-order valence-corrected chi connectivity index (χ2v) is 4.88. The van der Waals surface area contributed by atoms with E-state index in [1.165, 1.54) is 0 Å². The lowest BCUT2D eigenvalue weighted by atomic mass is 9.74. The van der Waals surface area contributed by atoms with Gasteiger partial charge in [-0.15, -0.1) is 0 Å². The molecule has 0 amide bonds. The Morgan fingerprint density at radius 3 is 2.94 bits per heavy atom. The number of carboxylic acid groups (broad SMARTS) is 1. The first-order valence-electron chi connectivity index (χ1n) is 6.08. The summed E-state index contributed by atoms with van der Waals surface area (Å²) in [6.45, 7) is 0. The molecule has 2 rings (SSSR count). The van der Waals surface area contributed by atoms with Crippen molar-refractivity contribution in [1.29, 1.82) is 0 Å². The third kappa shape index (κ3) is 2.54. The summed E-state index contributed by atoms with van der Waals surface area (Å²) in [4.78, 5) is 21.8. The lowest BCUT2D eigenvalue weighted by Gasteiger charge is -2.40. The van der Waals surface area contributed by atoms with Gasteiger partial charge >= 0.3 is 11.9 Å². The fourth-order valence-corrected chi connectivity index (χ4v) is 2.99. The van der Waals surface area contributed by atoms with E-state index in [2.05, 4.69) is 0 Å². The maximum Gasteiger partial charge on any atom is 0.306 e. The molecule has 1 N–H and O–H groups in total. The lowest BCUT2D eigenvalue weighted by Crippen LogP contribution is -2.41. The van der Waals surface area contributed by atoms with Crippen LogP contribution in [-0.4, -0.2) is 23.1 Å². The molecule has 0 aromatic rings. The van der Waals surface area contributed by atoms with Gasteiger partial charge in [-0.05, 0) is 37.5 Å². The second kappa shape index (κ2) is 4.85. The number of hydrogen-bond acceptors (Lipinski definition) is 3. The summed E-state index contributed by atoms with van der Waals surface area (Å²) in [6, 6.07) is 0. The van der Waals surface area contributed by atoms with Gasteiger partial charge in [-0.1, -0.05) is 6.42 Å². The molecule has 0 radical (unpaired) electrons. The zero-order valence-corrected chi connectivity index (χ0v) is 9.35. The van der Waals surface area contributed by atoms with Crippen LogP contribution in [0.2, 0.25) is 0 Å². The molecule has 2 aliphatic rings. The molecular weight excluding hydrogens is 208 g/mol. The van der Waals surface area contributed by atoms with Crippen molar-refractivity contribution in [2.24, 2.45) is 11.8 Å². The summed E-state index contributed by atoms with van der Waals surface area (Å²) in [6.07, 6.45) is 5.55. The number of carbonyl (C=O) groups is 2. The molecule has 1 aliphatic heterocycles. The van der Waals surface area contributed by atoms with Gasteiger partial charge in [0, 0.05) is 12.8 Å². The Kier molecular flexibility index (Phi) is 3.46. The van der Waals surface area contributed by atoms with Gasteiger partial charge in [0.05, 0.1) is 0 Å². The van der Waals surface area contributed by atoms with Crippen LogP contribution in [0.1, 0.15) is 44.9 Å². The second-order valence-electron chi connectivity index (χ2n) is 4.88. The van der Waals surface area contributed by atoms with Crippen LogP contribution < -0.4 is 0 Å². The molecule has 4 nitrogen and oxygen atoms in total. The van der Waals surface area contributed by atoms with Crippen LogP contribution in [0.15, 0.2) is 0 Å². The zero-order chi connectivity index (χ0) is 11.5. The molecule has 1 aliphatic carbocycles. The van der Waals surface area contributed by atoms with Crippen LogP contribution in [0.4, 0.5) is 0 Å². The number of aliphatic carboxylic acids is 1. The highest BCUT2D eigenvalue weighted by Crippen LogP contribution is 2.39. The fraction of sp³-hybridized carbons (Fsp3) is 0.833. The predicted octanol–water partition coefficient (Wildman–Crippen LogP) is 1.97. The van der Waals surface area contributed by atoms with E-state index >= 15 is 0 Å². The van der Waals surface area contributed by atoms with Crippen molar-refractivity contribution in [1.82, 2.24) is 0 Å². The van der Waals surface area contributed by atoms with E-state index in [4.69, 9.17) is 9.84 Å². The topological polar surface area (TPSA) is 63.6 Å². The van der Waals surface area contributed by atoms with Crippen LogP contribution >= 0.6 is 0 Å². The first-order valence-corrected chi connectivity index (χ1v) is 6.08. The highest BCUT2D eigenvalue weighted by Gasteiger charge is 2.38.